The van der Waals surface area contributed by atoms with Gasteiger partial charge < -0.3 is 24.3 Å². The largest absolute Gasteiger partial charge is 0.472 e. The molecule has 0 spiro atoms. The molecule has 1 fully saturated rings. The highest BCUT2D eigenvalue weighted by Crippen LogP contribution is 2.15. The van der Waals surface area contributed by atoms with E-state index in [4.69, 9.17) is 18.9 Å². The number of pyridine rings is 1. The van der Waals surface area contributed by atoms with Crippen molar-refractivity contribution in [2.75, 3.05) is 34.0 Å². The van der Waals surface area contributed by atoms with Gasteiger partial charge in [-0.1, -0.05) is 0 Å². The third-order valence-corrected chi connectivity index (χ3v) is 3.13. The number of rotatable bonds is 7. The molecule has 2 rings (SSSR count). The second-order valence-corrected chi connectivity index (χ2v) is 4.60. The normalized spacial score (nSPS) is 18.0. The van der Waals surface area contributed by atoms with Gasteiger partial charge in [0, 0.05) is 38.5 Å². The third-order valence-electron chi connectivity index (χ3n) is 3.13. The fourth-order valence-electron chi connectivity index (χ4n) is 1.93. The van der Waals surface area contributed by atoms with Gasteiger partial charge >= 0.3 is 0 Å². The van der Waals surface area contributed by atoms with Gasteiger partial charge in [-0.05, 0) is 6.07 Å². The molecule has 7 nitrogen and oxygen atoms in total. The van der Waals surface area contributed by atoms with Crippen LogP contribution in [0.4, 0.5) is 0 Å². The van der Waals surface area contributed by atoms with Gasteiger partial charge in [-0.15, -0.1) is 0 Å². The van der Waals surface area contributed by atoms with Crippen LogP contribution in [0.15, 0.2) is 18.3 Å². The smallest absolute Gasteiger partial charge is 0.251 e. The van der Waals surface area contributed by atoms with Gasteiger partial charge in [-0.3, -0.25) is 4.79 Å². The predicted octanol–water partition coefficient (Wildman–Crippen LogP) is 0.598. The second-order valence-electron chi connectivity index (χ2n) is 4.60. The Labute approximate surface area is 123 Å². The lowest BCUT2D eigenvalue weighted by Gasteiger charge is -2.14. The van der Waals surface area contributed by atoms with Crippen molar-refractivity contribution in [3.8, 4) is 5.88 Å². The Morgan fingerprint density at radius 3 is 3.00 bits per heavy atom. The van der Waals surface area contributed by atoms with E-state index in [0.29, 0.717) is 24.7 Å². The molecule has 1 saturated heterocycles. The average molecular weight is 296 g/mol. The van der Waals surface area contributed by atoms with Crippen LogP contribution >= 0.6 is 0 Å². The van der Waals surface area contributed by atoms with Gasteiger partial charge in [0.05, 0.1) is 19.8 Å². The first-order valence-electron chi connectivity index (χ1n) is 6.77. The molecule has 0 aromatic carbocycles. The highest BCUT2D eigenvalue weighted by Gasteiger charge is 2.18. The van der Waals surface area contributed by atoms with E-state index in [0.717, 1.165) is 6.42 Å². The maximum Gasteiger partial charge on any atom is 0.251 e. The number of methoxy groups -OCH3 is 2. The molecule has 21 heavy (non-hydrogen) atoms. The molecule has 116 valence electrons. The molecule has 0 saturated carbocycles. The Morgan fingerprint density at radius 1 is 1.52 bits per heavy atom. The second kappa shape index (κ2) is 7.92. The third kappa shape index (κ3) is 4.66. The molecule has 1 amide bonds. The number of amides is 1. The summed E-state index contributed by atoms with van der Waals surface area (Å²) < 4.78 is 20.9. The monoisotopic (exact) mass is 296 g/mol. The zero-order valence-electron chi connectivity index (χ0n) is 12.2. The van der Waals surface area contributed by atoms with Crippen molar-refractivity contribution in [1.82, 2.24) is 10.3 Å². The van der Waals surface area contributed by atoms with Crippen molar-refractivity contribution in [3.05, 3.63) is 23.9 Å². The predicted molar refractivity (Wildman–Crippen MR) is 74.2 cm³/mol. The zero-order chi connectivity index (χ0) is 15.1. The minimum absolute atomic E-state index is 0.00201. The molecule has 1 aliphatic rings. The van der Waals surface area contributed by atoms with E-state index >= 15 is 0 Å². The lowest BCUT2D eigenvalue weighted by molar-refractivity contribution is -0.0974. The number of carbonyl (C=O) groups excluding carboxylic acids is 1. The summed E-state index contributed by atoms with van der Waals surface area (Å²) in [5.74, 6) is 0.192. The average Bonchev–Trinajstić information content (AvgIpc) is 3.01. The van der Waals surface area contributed by atoms with Crippen LogP contribution in [-0.4, -0.2) is 57.3 Å². The molecule has 1 atom stereocenters. The lowest BCUT2D eigenvalue weighted by Crippen LogP contribution is -2.34. The van der Waals surface area contributed by atoms with Gasteiger partial charge in [-0.2, -0.15) is 0 Å². The van der Waals surface area contributed by atoms with Gasteiger partial charge in [0.15, 0.2) is 6.29 Å². The SMILES string of the molecule is COC(CNC(=O)c1ccnc(OC2CCOC2)c1)OC. The van der Waals surface area contributed by atoms with Crippen LogP contribution in [0, 0.1) is 0 Å². The van der Waals surface area contributed by atoms with Gasteiger partial charge in [0.1, 0.15) is 6.10 Å². The zero-order valence-corrected chi connectivity index (χ0v) is 12.2. The highest BCUT2D eigenvalue weighted by molar-refractivity contribution is 5.94. The first-order valence-corrected chi connectivity index (χ1v) is 6.77. The maximum absolute atomic E-state index is 12.0. The molecule has 7 heteroatoms. The molecule has 0 bridgehead atoms. The standard InChI is InChI=1S/C14H20N2O5/c1-18-13(19-2)8-16-14(17)10-3-5-15-12(7-10)21-11-4-6-20-9-11/h3,5,7,11,13H,4,6,8-9H2,1-2H3,(H,16,17). The van der Waals surface area contributed by atoms with Crippen LogP contribution in [0.25, 0.3) is 0 Å². The van der Waals surface area contributed by atoms with Crippen LogP contribution in [-0.2, 0) is 14.2 Å². The first-order chi connectivity index (χ1) is 10.2. The topological polar surface area (TPSA) is 78.9 Å². The molecule has 1 aromatic heterocycles. The Morgan fingerprint density at radius 2 is 2.33 bits per heavy atom. The van der Waals surface area contributed by atoms with E-state index in [1.807, 2.05) is 0 Å². The summed E-state index contributed by atoms with van der Waals surface area (Å²) in [6.07, 6.45) is 1.91. The van der Waals surface area contributed by atoms with Crippen LogP contribution in [0.2, 0.25) is 0 Å². The van der Waals surface area contributed by atoms with E-state index in [-0.39, 0.29) is 18.6 Å². The summed E-state index contributed by atoms with van der Waals surface area (Å²) >= 11 is 0. The van der Waals surface area contributed by atoms with E-state index in [1.165, 1.54) is 14.2 Å². The summed E-state index contributed by atoms with van der Waals surface area (Å²) in [6.45, 7) is 1.52. The molecule has 1 aliphatic heterocycles. The molecule has 0 radical (unpaired) electrons. The van der Waals surface area contributed by atoms with Crippen LogP contribution in [0.1, 0.15) is 16.8 Å². The summed E-state index contributed by atoms with van der Waals surface area (Å²) in [7, 11) is 3.03. The molecule has 1 N–H and O–H groups in total. The molecule has 1 unspecified atom stereocenters. The van der Waals surface area contributed by atoms with Crippen molar-refractivity contribution in [3.63, 3.8) is 0 Å². The quantitative estimate of drug-likeness (QED) is 0.742. The van der Waals surface area contributed by atoms with E-state index in [2.05, 4.69) is 10.3 Å². The molecule has 0 aliphatic carbocycles. The van der Waals surface area contributed by atoms with E-state index in [9.17, 15) is 4.79 Å². The highest BCUT2D eigenvalue weighted by atomic mass is 16.7. The first kappa shape index (κ1) is 15.7. The summed E-state index contributed by atoms with van der Waals surface area (Å²) in [5, 5.41) is 2.72. The summed E-state index contributed by atoms with van der Waals surface area (Å²) in [5.41, 5.74) is 0.477. The molecular weight excluding hydrogens is 276 g/mol. The fraction of sp³-hybridized carbons (Fsp3) is 0.571. The fourth-order valence-corrected chi connectivity index (χ4v) is 1.93. The van der Waals surface area contributed by atoms with Crippen molar-refractivity contribution in [1.29, 1.82) is 0 Å². The van der Waals surface area contributed by atoms with Crippen LogP contribution in [0.5, 0.6) is 5.88 Å². The van der Waals surface area contributed by atoms with Crippen molar-refractivity contribution >= 4 is 5.91 Å². The Kier molecular flexibility index (Phi) is 5.91. The minimum Gasteiger partial charge on any atom is -0.472 e. The summed E-state index contributed by atoms with van der Waals surface area (Å²) in [6, 6.07) is 3.24. The van der Waals surface area contributed by atoms with Crippen LogP contribution < -0.4 is 10.1 Å². The van der Waals surface area contributed by atoms with Crippen LogP contribution in [0.3, 0.4) is 0 Å². The number of nitrogens with zero attached hydrogens (tertiary/aromatic N) is 1. The number of nitrogens with one attached hydrogen (secondary N) is 1. The Hall–Kier alpha value is -1.70. The lowest BCUT2D eigenvalue weighted by atomic mass is 10.2. The van der Waals surface area contributed by atoms with Crippen molar-refractivity contribution in [2.24, 2.45) is 0 Å². The van der Waals surface area contributed by atoms with E-state index in [1.54, 1.807) is 18.3 Å². The number of aromatic nitrogens is 1. The van der Waals surface area contributed by atoms with Gasteiger partial charge in [-0.25, -0.2) is 4.98 Å². The van der Waals surface area contributed by atoms with Crippen molar-refractivity contribution < 1.29 is 23.7 Å². The number of carbonyl (C=O) groups is 1. The Balaban J connectivity index is 1.91. The van der Waals surface area contributed by atoms with Gasteiger partial charge in [0.2, 0.25) is 5.88 Å². The maximum atomic E-state index is 12.0. The molecule has 2 heterocycles. The number of hydrogen-bond donors (Lipinski definition) is 1. The minimum atomic E-state index is -0.470. The number of hydrogen-bond acceptors (Lipinski definition) is 6. The number of ether oxygens (including phenoxy) is 4. The Bertz CT molecular complexity index is 458. The summed E-state index contributed by atoms with van der Waals surface area (Å²) in [4.78, 5) is 16.1. The molecule has 1 aromatic rings. The van der Waals surface area contributed by atoms with E-state index < -0.39 is 6.29 Å². The van der Waals surface area contributed by atoms with Gasteiger partial charge in [0.25, 0.3) is 5.91 Å². The van der Waals surface area contributed by atoms with Crippen molar-refractivity contribution in [2.45, 2.75) is 18.8 Å². The molecular formula is C14H20N2O5.